The predicted octanol–water partition coefficient (Wildman–Crippen LogP) is 4.98. The van der Waals surface area contributed by atoms with Crippen LogP contribution < -0.4 is 5.32 Å². The van der Waals surface area contributed by atoms with Crippen molar-refractivity contribution in [1.82, 2.24) is 9.29 Å². The summed E-state index contributed by atoms with van der Waals surface area (Å²) in [5.74, 6) is -0.316. The average molecular weight is 462 g/mol. The van der Waals surface area contributed by atoms with Gasteiger partial charge in [-0.2, -0.15) is 4.31 Å². The van der Waals surface area contributed by atoms with E-state index in [1.165, 1.54) is 38.5 Å². The molecule has 8 heteroatoms. The Labute approximate surface area is 189 Å². The van der Waals surface area contributed by atoms with E-state index in [1.54, 1.807) is 19.2 Å². The number of nitrogens with one attached hydrogen (secondary N) is 1. The van der Waals surface area contributed by atoms with Gasteiger partial charge in [0, 0.05) is 29.8 Å². The number of benzene rings is 3. The first kappa shape index (κ1) is 19.6. The summed E-state index contributed by atoms with van der Waals surface area (Å²) in [6.07, 6.45) is 1.79. The molecule has 1 aromatic heterocycles. The Morgan fingerprint density at radius 2 is 1.72 bits per heavy atom. The van der Waals surface area contributed by atoms with Crippen molar-refractivity contribution in [3.8, 4) is 21.7 Å². The number of aromatic nitrogens is 1. The number of anilines is 1. The molecule has 0 unspecified atom stereocenters. The zero-order valence-corrected chi connectivity index (χ0v) is 18.8. The summed E-state index contributed by atoms with van der Waals surface area (Å²) in [7, 11) is -1.93. The van der Waals surface area contributed by atoms with Crippen molar-refractivity contribution in [3.63, 3.8) is 0 Å². The Morgan fingerprint density at radius 1 is 1.03 bits per heavy atom. The maximum Gasteiger partial charge on any atom is 0.257 e. The van der Waals surface area contributed by atoms with Gasteiger partial charge >= 0.3 is 0 Å². The summed E-state index contributed by atoms with van der Waals surface area (Å²) in [5, 5.41) is 5.78. The van der Waals surface area contributed by atoms with Crippen molar-refractivity contribution in [2.75, 3.05) is 12.4 Å². The zero-order valence-electron chi connectivity index (χ0n) is 17.2. The third kappa shape index (κ3) is 2.98. The van der Waals surface area contributed by atoms with Crippen LogP contribution in [0.1, 0.15) is 23.2 Å². The van der Waals surface area contributed by atoms with E-state index < -0.39 is 10.0 Å². The molecule has 4 aromatic rings. The number of hydrogen-bond donors (Lipinski definition) is 1. The highest BCUT2D eigenvalue weighted by atomic mass is 32.2. The second-order valence-corrected chi connectivity index (χ2v) is 11.1. The van der Waals surface area contributed by atoms with Crippen molar-refractivity contribution in [1.29, 1.82) is 0 Å². The largest absolute Gasteiger partial charge is 0.298 e. The van der Waals surface area contributed by atoms with E-state index in [-0.39, 0.29) is 16.8 Å². The van der Waals surface area contributed by atoms with E-state index in [0.29, 0.717) is 10.7 Å². The fourth-order valence-electron chi connectivity index (χ4n) is 4.21. The lowest BCUT2D eigenvalue weighted by atomic mass is 10.0. The van der Waals surface area contributed by atoms with Gasteiger partial charge in [0.2, 0.25) is 10.0 Å². The maximum atomic E-state index is 12.8. The van der Waals surface area contributed by atoms with Crippen LogP contribution >= 0.6 is 11.3 Å². The van der Waals surface area contributed by atoms with Crippen molar-refractivity contribution < 1.29 is 13.2 Å². The number of hydrogen-bond acceptors (Lipinski definition) is 5. The average Bonchev–Trinajstić information content (AvgIpc) is 3.51. The minimum Gasteiger partial charge on any atom is -0.298 e. The smallest absolute Gasteiger partial charge is 0.257 e. The summed E-state index contributed by atoms with van der Waals surface area (Å²) in [5.41, 5.74) is 3.50. The van der Waals surface area contributed by atoms with Crippen LogP contribution in [0.2, 0.25) is 0 Å². The highest BCUT2D eigenvalue weighted by Crippen LogP contribution is 2.50. The van der Waals surface area contributed by atoms with Gasteiger partial charge in [-0.15, -0.1) is 0 Å². The molecule has 1 saturated carbocycles. The number of fused-ring (bicyclic) bond motifs is 3. The Hall–Kier alpha value is -3.07. The van der Waals surface area contributed by atoms with E-state index in [4.69, 9.17) is 0 Å². The number of amides is 1. The number of rotatable bonds is 5. The zero-order chi connectivity index (χ0) is 22.0. The minimum absolute atomic E-state index is 0.0887. The fourth-order valence-corrected chi connectivity index (χ4v) is 6.64. The molecule has 3 aromatic carbocycles. The van der Waals surface area contributed by atoms with Gasteiger partial charge in [-0.3, -0.25) is 10.1 Å². The first-order valence-corrected chi connectivity index (χ1v) is 12.6. The van der Waals surface area contributed by atoms with E-state index in [0.717, 1.165) is 34.5 Å². The van der Waals surface area contributed by atoms with Gasteiger partial charge in [-0.05, 0) is 47.9 Å². The van der Waals surface area contributed by atoms with E-state index in [9.17, 15) is 13.2 Å². The molecule has 0 aliphatic heterocycles. The Kier molecular flexibility index (Phi) is 4.27. The van der Waals surface area contributed by atoms with Gasteiger partial charge in [-0.1, -0.05) is 47.7 Å². The van der Waals surface area contributed by atoms with Gasteiger partial charge < -0.3 is 0 Å². The standard InChI is InChI=1S/C24H19N3O3S2/c1-27(16-10-11-16)32(29,30)17-12-8-15(9-13-17)23(28)26-24-25-21-18-6-2-4-14-5-3-7-19(20(14)18)22(21)31-24/h2-9,12-13,16H,10-11H2,1H3,(H,25,26,28). The highest BCUT2D eigenvalue weighted by molar-refractivity contribution is 7.89. The summed E-state index contributed by atoms with van der Waals surface area (Å²) in [6.45, 7) is 0. The van der Waals surface area contributed by atoms with Gasteiger partial charge in [0.15, 0.2) is 5.13 Å². The number of nitrogens with zero attached hydrogens (tertiary/aromatic N) is 2. The van der Waals surface area contributed by atoms with Gasteiger partial charge in [0.25, 0.3) is 5.91 Å². The number of sulfonamides is 1. The SMILES string of the molecule is CN(C1CC1)S(=O)(=O)c1ccc(C(=O)Nc2nc3c(s2)-c2cccc4cccc-3c24)cc1. The second kappa shape index (κ2) is 6.96. The summed E-state index contributed by atoms with van der Waals surface area (Å²) < 4.78 is 26.7. The molecule has 2 aliphatic carbocycles. The first-order valence-electron chi connectivity index (χ1n) is 10.4. The van der Waals surface area contributed by atoms with E-state index >= 15 is 0 Å². The minimum atomic E-state index is -3.53. The molecule has 0 atom stereocenters. The van der Waals surface area contributed by atoms with Crippen LogP contribution in [0.5, 0.6) is 0 Å². The normalized spacial score (nSPS) is 14.7. The Bertz CT molecular complexity index is 1450. The summed E-state index contributed by atoms with van der Waals surface area (Å²) in [6, 6.07) is 18.5. The van der Waals surface area contributed by atoms with E-state index in [1.807, 2.05) is 12.1 Å². The van der Waals surface area contributed by atoms with Crippen LogP contribution in [0.4, 0.5) is 5.13 Å². The van der Waals surface area contributed by atoms with Gasteiger partial charge in [0.05, 0.1) is 15.5 Å². The summed E-state index contributed by atoms with van der Waals surface area (Å²) >= 11 is 1.45. The van der Waals surface area contributed by atoms with Crippen LogP contribution in [0, 0.1) is 0 Å². The third-order valence-electron chi connectivity index (χ3n) is 6.11. The van der Waals surface area contributed by atoms with Crippen LogP contribution in [0.25, 0.3) is 32.5 Å². The van der Waals surface area contributed by atoms with Crippen LogP contribution in [0.15, 0.2) is 65.6 Å². The molecule has 0 radical (unpaired) electrons. The van der Waals surface area contributed by atoms with Gasteiger partial charge in [0.1, 0.15) is 0 Å². The monoisotopic (exact) mass is 461 g/mol. The van der Waals surface area contributed by atoms with Crippen molar-refractivity contribution >= 4 is 43.2 Å². The number of carbonyl (C=O) groups is 1. The quantitative estimate of drug-likeness (QED) is 0.400. The molecule has 0 spiro atoms. The highest BCUT2D eigenvalue weighted by Gasteiger charge is 2.35. The van der Waals surface area contributed by atoms with Crippen LogP contribution in [-0.2, 0) is 10.0 Å². The lowest BCUT2D eigenvalue weighted by Crippen LogP contribution is -2.29. The Morgan fingerprint density at radius 3 is 2.41 bits per heavy atom. The lowest BCUT2D eigenvalue weighted by molar-refractivity contribution is 0.102. The predicted molar refractivity (Wildman–Crippen MR) is 126 cm³/mol. The number of thiazole rings is 1. The van der Waals surface area contributed by atoms with Gasteiger partial charge in [-0.25, -0.2) is 13.4 Å². The molecule has 2 aliphatic rings. The molecule has 0 bridgehead atoms. The molecule has 32 heavy (non-hydrogen) atoms. The topological polar surface area (TPSA) is 79.4 Å². The third-order valence-corrected chi connectivity index (χ3v) is 9.04. The van der Waals surface area contributed by atoms with Crippen molar-refractivity contribution in [3.05, 3.63) is 66.2 Å². The second-order valence-electron chi connectivity index (χ2n) is 8.14. The molecule has 6 nitrogen and oxygen atoms in total. The molecular formula is C24H19N3O3S2. The Balaban J connectivity index is 1.25. The molecule has 1 amide bonds. The molecule has 1 fully saturated rings. The van der Waals surface area contributed by atoms with E-state index in [2.05, 4.69) is 34.6 Å². The molecule has 1 heterocycles. The molecule has 6 rings (SSSR count). The number of carbonyl (C=O) groups excluding carboxylic acids is 1. The van der Waals surface area contributed by atoms with Crippen LogP contribution in [0.3, 0.4) is 0 Å². The van der Waals surface area contributed by atoms with Crippen LogP contribution in [-0.4, -0.2) is 36.7 Å². The van der Waals surface area contributed by atoms with Crippen molar-refractivity contribution in [2.45, 2.75) is 23.8 Å². The first-order chi connectivity index (χ1) is 15.4. The molecular weight excluding hydrogens is 442 g/mol. The van der Waals surface area contributed by atoms with Crippen molar-refractivity contribution in [2.24, 2.45) is 0 Å². The maximum absolute atomic E-state index is 12.8. The molecule has 1 N–H and O–H groups in total. The molecule has 0 saturated heterocycles. The lowest BCUT2D eigenvalue weighted by Gasteiger charge is -2.16. The molecule has 160 valence electrons. The fraction of sp³-hybridized carbons (Fsp3) is 0.167. The summed E-state index contributed by atoms with van der Waals surface area (Å²) in [4.78, 5) is 18.7.